The first-order valence-electron chi connectivity index (χ1n) is 6.45. The number of para-hydroxylation sites is 1. The van der Waals surface area contributed by atoms with E-state index in [4.69, 9.17) is 4.74 Å². The van der Waals surface area contributed by atoms with Crippen LogP contribution in [0, 0.1) is 0 Å². The monoisotopic (exact) mass is 328 g/mol. The standard InChI is InChI=1S/C14H21BrN2O2/c1-11(2)16-8-5-9-19-10-14(18)17-13-7-4-3-6-12(13)15/h3-4,6-7,11,16H,5,8-10H2,1-2H3,(H,17,18). The molecule has 4 nitrogen and oxygen atoms in total. The van der Waals surface area contributed by atoms with Gasteiger partial charge in [0.1, 0.15) is 6.61 Å². The van der Waals surface area contributed by atoms with Crippen LogP contribution >= 0.6 is 15.9 Å². The molecule has 0 aliphatic heterocycles. The zero-order chi connectivity index (χ0) is 14.1. The summed E-state index contributed by atoms with van der Waals surface area (Å²) in [6.07, 6.45) is 0.903. The predicted molar refractivity (Wildman–Crippen MR) is 81.3 cm³/mol. The van der Waals surface area contributed by atoms with Crippen LogP contribution in [-0.2, 0) is 9.53 Å². The Bertz CT molecular complexity index is 397. The number of carbonyl (C=O) groups excluding carboxylic acids is 1. The van der Waals surface area contributed by atoms with Gasteiger partial charge in [-0.1, -0.05) is 26.0 Å². The van der Waals surface area contributed by atoms with E-state index in [0.717, 1.165) is 23.1 Å². The third kappa shape index (κ3) is 7.30. The van der Waals surface area contributed by atoms with Gasteiger partial charge in [0.15, 0.2) is 0 Å². The van der Waals surface area contributed by atoms with Gasteiger partial charge in [-0.3, -0.25) is 4.79 Å². The fourth-order valence-electron chi connectivity index (χ4n) is 1.48. The summed E-state index contributed by atoms with van der Waals surface area (Å²) >= 11 is 3.38. The third-order valence-electron chi connectivity index (χ3n) is 2.40. The van der Waals surface area contributed by atoms with Gasteiger partial charge < -0.3 is 15.4 Å². The summed E-state index contributed by atoms with van der Waals surface area (Å²) < 4.78 is 6.19. The summed E-state index contributed by atoms with van der Waals surface area (Å²) in [5, 5.41) is 6.09. The molecule has 1 aromatic carbocycles. The number of benzene rings is 1. The molecule has 1 aromatic rings. The van der Waals surface area contributed by atoms with Gasteiger partial charge >= 0.3 is 0 Å². The minimum absolute atomic E-state index is 0.0863. The van der Waals surface area contributed by atoms with Crippen LogP contribution in [0.15, 0.2) is 28.7 Å². The van der Waals surface area contributed by atoms with Crippen LogP contribution in [-0.4, -0.2) is 31.7 Å². The lowest BCUT2D eigenvalue weighted by Gasteiger charge is -2.09. The maximum Gasteiger partial charge on any atom is 0.250 e. The Balaban J connectivity index is 2.13. The Morgan fingerprint density at radius 1 is 1.37 bits per heavy atom. The Labute approximate surface area is 123 Å². The summed E-state index contributed by atoms with van der Waals surface area (Å²) in [7, 11) is 0. The van der Waals surface area contributed by atoms with Crippen molar-refractivity contribution < 1.29 is 9.53 Å². The highest BCUT2D eigenvalue weighted by molar-refractivity contribution is 9.10. The van der Waals surface area contributed by atoms with Crippen molar-refractivity contribution in [2.75, 3.05) is 25.1 Å². The summed E-state index contributed by atoms with van der Waals surface area (Å²) in [4.78, 5) is 11.6. The van der Waals surface area contributed by atoms with E-state index in [2.05, 4.69) is 40.4 Å². The highest BCUT2D eigenvalue weighted by Crippen LogP contribution is 2.20. The number of anilines is 1. The summed E-state index contributed by atoms with van der Waals surface area (Å²) in [5.74, 6) is -0.135. The highest BCUT2D eigenvalue weighted by atomic mass is 79.9. The average molecular weight is 329 g/mol. The van der Waals surface area contributed by atoms with Crippen LogP contribution in [0.25, 0.3) is 0 Å². The number of hydrogen-bond donors (Lipinski definition) is 2. The van der Waals surface area contributed by atoms with Gasteiger partial charge in [-0.2, -0.15) is 0 Å². The zero-order valence-electron chi connectivity index (χ0n) is 11.4. The van der Waals surface area contributed by atoms with E-state index in [-0.39, 0.29) is 12.5 Å². The molecule has 0 bridgehead atoms. The smallest absolute Gasteiger partial charge is 0.250 e. The molecule has 0 aliphatic rings. The van der Waals surface area contributed by atoms with E-state index in [1.807, 2.05) is 24.3 Å². The van der Waals surface area contributed by atoms with Crippen molar-refractivity contribution in [1.82, 2.24) is 5.32 Å². The lowest BCUT2D eigenvalue weighted by molar-refractivity contribution is -0.120. The van der Waals surface area contributed by atoms with Crippen molar-refractivity contribution in [2.45, 2.75) is 26.3 Å². The molecule has 19 heavy (non-hydrogen) atoms. The molecule has 0 radical (unpaired) electrons. The molecule has 0 unspecified atom stereocenters. The first-order valence-corrected chi connectivity index (χ1v) is 7.24. The van der Waals surface area contributed by atoms with E-state index in [1.165, 1.54) is 0 Å². The second-order valence-corrected chi connectivity index (χ2v) is 5.40. The Morgan fingerprint density at radius 3 is 2.79 bits per heavy atom. The van der Waals surface area contributed by atoms with Crippen LogP contribution in [0.4, 0.5) is 5.69 Å². The van der Waals surface area contributed by atoms with Crippen molar-refractivity contribution in [3.8, 4) is 0 Å². The third-order valence-corrected chi connectivity index (χ3v) is 3.09. The quantitative estimate of drug-likeness (QED) is 0.721. The summed E-state index contributed by atoms with van der Waals surface area (Å²) in [6.45, 7) is 5.79. The van der Waals surface area contributed by atoms with Crippen molar-refractivity contribution in [3.05, 3.63) is 28.7 Å². The molecule has 0 heterocycles. The normalized spacial score (nSPS) is 10.7. The lowest BCUT2D eigenvalue weighted by atomic mass is 10.3. The molecule has 1 rings (SSSR count). The van der Waals surface area contributed by atoms with Gasteiger partial charge in [-0.05, 0) is 41.0 Å². The topological polar surface area (TPSA) is 50.4 Å². The number of amides is 1. The highest BCUT2D eigenvalue weighted by Gasteiger charge is 2.04. The van der Waals surface area contributed by atoms with Gasteiger partial charge in [0.05, 0.1) is 5.69 Å². The maximum atomic E-state index is 11.6. The van der Waals surface area contributed by atoms with Gasteiger partial charge in [0.25, 0.3) is 0 Å². The Hall–Kier alpha value is -0.910. The van der Waals surface area contributed by atoms with Gasteiger partial charge in [0.2, 0.25) is 5.91 Å². The fraction of sp³-hybridized carbons (Fsp3) is 0.500. The van der Waals surface area contributed by atoms with E-state index in [0.29, 0.717) is 12.6 Å². The van der Waals surface area contributed by atoms with E-state index in [1.54, 1.807) is 0 Å². The van der Waals surface area contributed by atoms with E-state index < -0.39 is 0 Å². The molecule has 5 heteroatoms. The molecule has 0 fully saturated rings. The fourth-order valence-corrected chi connectivity index (χ4v) is 1.86. The Morgan fingerprint density at radius 2 is 2.11 bits per heavy atom. The van der Waals surface area contributed by atoms with E-state index >= 15 is 0 Å². The Kier molecular flexibility index (Phi) is 7.70. The molecule has 0 saturated carbocycles. The van der Waals surface area contributed by atoms with Crippen molar-refractivity contribution in [3.63, 3.8) is 0 Å². The minimum atomic E-state index is -0.135. The molecule has 0 saturated heterocycles. The lowest BCUT2D eigenvalue weighted by Crippen LogP contribution is -2.25. The van der Waals surface area contributed by atoms with Crippen molar-refractivity contribution in [2.24, 2.45) is 0 Å². The second kappa shape index (κ2) is 9.07. The van der Waals surface area contributed by atoms with Gasteiger partial charge in [0, 0.05) is 17.1 Å². The molecule has 0 aromatic heterocycles. The number of rotatable bonds is 8. The van der Waals surface area contributed by atoms with E-state index in [9.17, 15) is 4.79 Å². The first-order chi connectivity index (χ1) is 9.09. The number of halogens is 1. The molecular weight excluding hydrogens is 308 g/mol. The number of carbonyl (C=O) groups is 1. The SMILES string of the molecule is CC(C)NCCCOCC(=O)Nc1ccccc1Br. The summed E-state index contributed by atoms with van der Waals surface area (Å²) in [5.41, 5.74) is 0.762. The van der Waals surface area contributed by atoms with Crippen LogP contribution in [0.3, 0.4) is 0 Å². The first kappa shape index (κ1) is 16.1. The molecule has 1 amide bonds. The van der Waals surface area contributed by atoms with Crippen LogP contribution < -0.4 is 10.6 Å². The largest absolute Gasteiger partial charge is 0.372 e. The van der Waals surface area contributed by atoms with Crippen LogP contribution in [0.1, 0.15) is 20.3 Å². The van der Waals surface area contributed by atoms with Gasteiger partial charge in [-0.25, -0.2) is 0 Å². The van der Waals surface area contributed by atoms with Crippen LogP contribution in [0.2, 0.25) is 0 Å². The number of ether oxygens (including phenoxy) is 1. The van der Waals surface area contributed by atoms with Crippen molar-refractivity contribution in [1.29, 1.82) is 0 Å². The zero-order valence-corrected chi connectivity index (χ0v) is 13.0. The second-order valence-electron chi connectivity index (χ2n) is 4.54. The van der Waals surface area contributed by atoms with Gasteiger partial charge in [-0.15, -0.1) is 0 Å². The molecule has 106 valence electrons. The average Bonchev–Trinajstić information content (AvgIpc) is 2.36. The van der Waals surface area contributed by atoms with Crippen molar-refractivity contribution >= 4 is 27.5 Å². The van der Waals surface area contributed by atoms with Crippen LogP contribution in [0.5, 0.6) is 0 Å². The predicted octanol–water partition coefficient (Wildman–Crippen LogP) is 2.79. The maximum absolute atomic E-state index is 11.6. The number of hydrogen-bond acceptors (Lipinski definition) is 3. The molecule has 0 spiro atoms. The summed E-state index contributed by atoms with van der Waals surface area (Å²) in [6, 6.07) is 7.98. The molecule has 0 atom stereocenters. The minimum Gasteiger partial charge on any atom is -0.372 e. The molecule has 2 N–H and O–H groups in total. The number of nitrogens with one attached hydrogen (secondary N) is 2. The molecule has 0 aliphatic carbocycles. The molecular formula is C14H21BrN2O2.